The Morgan fingerprint density at radius 3 is 2.49 bits per heavy atom. The second kappa shape index (κ2) is 13.5. The zero-order chi connectivity index (χ0) is 30.3. The number of benzene rings is 2. The first kappa shape index (κ1) is 29.7. The maximum absolute atomic E-state index is 14.0. The minimum atomic E-state index is -1.01. The summed E-state index contributed by atoms with van der Waals surface area (Å²) < 4.78 is 30.3. The minimum absolute atomic E-state index is 0.0227. The standard InChI is InChI=1S/C31H35FN6O5/c1-20-8-14-26(43-20)30-34-36-38(35-30)19-28(39)37(17-16-21-9-15-25(41-2)27(18-21)42-3)29(22-10-12-23(32)13-11-22)31(40)33-24-6-4-5-7-24/h8-15,18,24,29H,4-7,16-17,19H2,1-3H3,(H,33,40). The van der Waals surface area contributed by atoms with Crippen molar-refractivity contribution in [2.75, 3.05) is 20.8 Å². The first-order chi connectivity index (χ1) is 20.8. The molecule has 43 heavy (non-hydrogen) atoms. The number of carbonyl (C=O) groups excluding carboxylic acids is 2. The molecule has 2 amide bonds. The Morgan fingerprint density at radius 1 is 1.07 bits per heavy atom. The molecule has 1 unspecified atom stereocenters. The minimum Gasteiger partial charge on any atom is -0.493 e. The Hall–Kier alpha value is -4.74. The van der Waals surface area contributed by atoms with Crippen molar-refractivity contribution in [1.82, 2.24) is 30.4 Å². The second-order valence-electron chi connectivity index (χ2n) is 10.5. The molecule has 1 aliphatic rings. The number of nitrogens with zero attached hydrogens (tertiary/aromatic N) is 5. The van der Waals surface area contributed by atoms with Crippen molar-refractivity contribution in [3.8, 4) is 23.1 Å². The number of methoxy groups -OCH3 is 2. The molecule has 12 heteroatoms. The van der Waals surface area contributed by atoms with Crippen molar-refractivity contribution in [2.45, 2.75) is 57.7 Å². The summed E-state index contributed by atoms with van der Waals surface area (Å²) in [5, 5.41) is 15.5. The summed E-state index contributed by atoms with van der Waals surface area (Å²) in [7, 11) is 3.11. The highest BCUT2D eigenvalue weighted by molar-refractivity contribution is 5.89. The van der Waals surface area contributed by atoms with E-state index in [1.54, 1.807) is 39.3 Å². The van der Waals surface area contributed by atoms with Gasteiger partial charge in [-0.2, -0.15) is 4.80 Å². The van der Waals surface area contributed by atoms with Crippen LogP contribution in [-0.2, 0) is 22.6 Å². The largest absolute Gasteiger partial charge is 0.493 e. The summed E-state index contributed by atoms with van der Waals surface area (Å²) in [4.78, 5) is 30.5. The third-order valence-electron chi connectivity index (χ3n) is 7.55. The van der Waals surface area contributed by atoms with Gasteiger partial charge in [0.1, 0.15) is 24.2 Å². The van der Waals surface area contributed by atoms with Crippen LogP contribution in [0.1, 0.15) is 48.6 Å². The highest BCUT2D eigenvalue weighted by Gasteiger charge is 2.33. The second-order valence-corrected chi connectivity index (χ2v) is 10.5. The van der Waals surface area contributed by atoms with Gasteiger partial charge in [0, 0.05) is 12.6 Å². The number of aryl methyl sites for hydroxylation is 1. The van der Waals surface area contributed by atoms with Gasteiger partial charge in [0.25, 0.3) is 0 Å². The average Bonchev–Trinajstić information content (AvgIpc) is 3.78. The number of amides is 2. The smallest absolute Gasteiger partial charge is 0.247 e. The quantitative estimate of drug-likeness (QED) is 0.260. The van der Waals surface area contributed by atoms with Crippen molar-refractivity contribution in [2.24, 2.45) is 0 Å². The van der Waals surface area contributed by atoms with Crippen molar-refractivity contribution in [1.29, 1.82) is 0 Å². The molecule has 5 rings (SSSR count). The number of tetrazole rings is 1. The molecule has 226 valence electrons. The number of hydrogen-bond acceptors (Lipinski definition) is 8. The van der Waals surface area contributed by atoms with Gasteiger partial charge in [-0.25, -0.2) is 4.39 Å². The Morgan fingerprint density at radius 2 is 1.81 bits per heavy atom. The lowest BCUT2D eigenvalue weighted by Crippen LogP contribution is -2.47. The van der Waals surface area contributed by atoms with Gasteiger partial charge in [0.05, 0.1) is 14.2 Å². The SMILES string of the molecule is COc1ccc(CCN(C(=O)Cn2nnc(-c3ccc(C)o3)n2)C(C(=O)NC2CCCC2)c2ccc(F)cc2)cc1OC. The number of ether oxygens (including phenoxy) is 2. The van der Waals surface area contributed by atoms with Gasteiger partial charge >= 0.3 is 0 Å². The van der Waals surface area contributed by atoms with Gasteiger partial charge in [-0.05, 0) is 78.9 Å². The molecule has 2 heterocycles. The predicted octanol–water partition coefficient (Wildman–Crippen LogP) is 4.27. The Bertz CT molecular complexity index is 1550. The molecule has 0 bridgehead atoms. The predicted molar refractivity (Wildman–Crippen MR) is 155 cm³/mol. The molecule has 4 aromatic rings. The molecule has 2 aromatic heterocycles. The maximum Gasteiger partial charge on any atom is 0.247 e. The fourth-order valence-electron chi connectivity index (χ4n) is 5.33. The monoisotopic (exact) mass is 590 g/mol. The lowest BCUT2D eigenvalue weighted by atomic mass is 10.0. The van der Waals surface area contributed by atoms with E-state index in [0.29, 0.717) is 35.0 Å². The molecule has 1 fully saturated rings. The first-order valence-corrected chi connectivity index (χ1v) is 14.3. The fraction of sp³-hybridized carbons (Fsp3) is 0.387. The number of carbonyl (C=O) groups is 2. The van der Waals surface area contributed by atoms with Gasteiger partial charge in [0.2, 0.25) is 17.6 Å². The highest BCUT2D eigenvalue weighted by atomic mass is 19.1. The maximum atomic E-state index is 14.0. The fourth-order valence-corrected chi connectivity index (χ4v) is 5.33. The Balaban J connectivity index is 1.45. The van der Waals surface area contributed by atoms with Crippen LogP contribution in [0.3, 0.4) is 0 Å². The number of nitrogens with one attached hydrogen (secondary N) is 1. The summed E-state index contributed by atoms with van der Waals surface area (Å²) in [6.45, 7) is 1.71. The Kier molecular flexibility index (Phi) is 9.33. The topological polar surface area (TPSA) is 125 Å². The highest BCUT2D eigenvalue weighted by Crippen LogP contribution is 2.29. The number of furan rings is 1. The van der Waals surface area contributed by atoms with Crippen molar-refractivity contribution in [3.63, 3.8) is 0 Å². The molecule has 0 aliphatic heterocycles. The molecule has 0 saturated heterocycles. The van der Waals surface area contributed by atoms with Gasteiger partial charge in [-0.15, -0.1) is 10.2 Å². The zero-order valence-corrected chi connectivity index (χ0v) is 24.5. The van der Waals surface area contributed by atoms with Gasteiger partial charge in [-0.1, -0.05) is 31.0 Å². The molecule has 0 radical (unpaired) electrons. The van der Waals surface area contributed by atoms with E-state index in [1.165, 1.54) is 34.0 Å². The molecule has 1 saturated carbocycles. The summed E-state index contributed by atoms with van der Waals surface area (Å²) in [5.74, 6) is 1.34. The molecule has 1 atom stereocenters. The van der Waals surface area contributed by atoms with E-state index in [1.807, 2.05) is 12.1 Å². The molecule has 11 nitrogen and oxygen atoms in total. The van der Waals surface area contributed by atoms with Crippen LogP contribution in [-0.4, -0.2) is 63.7 Å². The molecule has 1 aliphatic carbocycles. The van der Waals surface area contributed by atoms with E-state index >= 15 is 0 Å². The van der Waals surface area contributed by atoms with Crippen LogP contribution in [0.4, 0.5) is 4.39 Å². The van der Waals surface area contributed by atoms with E-state index in [2.05, 4.69) is 20.7 Å². The molecule has 0 spiro atoms. The number of rotatable bonds is 12. The normalized spacial score (nSPS) is 14.0. The van der Waals surface area contributed by atoms with E-state index in [-0.39, 0.29) is 30.9 Å². The summed E-state index contributed by atoms with van der Waals surface area (Å²) in [6, 6.07) is 13.7. The van der Waals surface area contributed by atoms with Crippen LogP contribution < -0.4 is 14.8 Å². The van der Waals surface area contributed by atoms with Gasteiger partial charge < -0.3 is 24.1 Å². The van der Waals surface area contributed by atoms with Crippen LogP contribution >= 0.6 is 0 Å². The third kappa shape index (κ3) is 7.19. The summed E-state index contributed by atoms with van der Waals surface area (Å²) in [5.41, 5.74) is 1.37. The summed E-state index contributed by atoms with van der Waals surface area (Å²) >= 11 is 0. The number of halogens is 1. The molecular formula is C31H35FN6O5. The van der Waals surface area contributed by atoms with Gasteiger partial charge in [-0.3, -0.25) is 9.59 Å². The van der Waals surface area contributed by atoms with Gasteiger partial charge in [0.15, 0.2) is 17.3 Å². The Labute approximate surface area is 249 Å². The summed E-state index contributed by atoms with van der Waals surface area (Å²) in [6.07, 6.45) is 4.22. The van der Waals surface area contributed by atoms with Crippen molar-refractivity contribution >= 4 is 11.8 Å². The number of hydrogen-bond donors (Lipinski definition) is 1. The van der Waals surface area contributed by atoms with E-state index in [4.69, 9.17) is 13.9 Å². The van der Waals surface area contributed by atoms with Crippen molar-refractivity contribution < 1.29 is 27.9 Å². The van der Waals surface area contributed by atoms with Crippen LogP contribution in [0.25, 0.3) is 11.6 Å². The average molecular weight is 591 g/mol. The van der Waals surface area contributed by atoms with Crippen molar-refractivity contribution in [3.05, 3.63) is 77.3 Å². The van der Waals surface area contributed by atoms with E-state index in [0.717, 1.165) is 31.2 Å². The van der Waals surface area contributed by atoms with Crippen LogP contribution in [0.5, 0.6) is 11.5 Å². The van der Waals surface area contributed by atoms with E-state index < -0.39 is 17.8 Å². The first-order valence-electron chi connectivity index (χ1n) is 14.3. The molecular weight excluding hydrogens is 555 g/mol. The number of aromatic nitrogens is 4. The zero-order valence-electron chi connectivity index (χ0n) is 24.5. The molecule has 1 N–H and O–H groups in total. The van der Waals surface area contributed by atoms with Crippen LogP contribution in [0.15, 0.2) is 59.0 Å². The lowest BCUT2D eigenvalue weighted by Gasteiger charge is -2.32. The lowest BCUT2D eigenvalue weighted by molar-refractivity contribution is -0.142. The van der Waals surface area contributed by atoms with Crippen LogP contribution in [0.2, 0.25) is 0 Å². The molecule has 2 aromatic carbocycles. The third-order valence-corrected chi connectivity index (χ3v) is 7.55. The van der Waals surface area contributed by atoms with Crippen LogP contribution in [0, 0.1) is 12.7 Å². The van der Waals surface area contributed by atoms with E-state index in [9.17, 15) is 14.0 Å².